The van der Waals surface area contributed by atoms with Gasteiger partial charge in [-0.3, -0.25) is 0 Å². The smallest absolute Gasteiger partial charge is 0.243 e. The average molecular weight is 377 g/mol. The molecule has 0 unspecified atom stereocenters. The van der Waals surface area contributed by atoms with Crippen molar-refractivity contribution in [1.29, 1.82) is 0 Å². The Labute approximate surface area is 153 Å². The van der Waals surface area contributed by atoms with E-state index in [1.165, 1.54) is 10.4 Å². The van der Waals surface area contributed by atoms with Crippen molar-refractivity contribution in [3.8, 4) is 11.5 Å². The van der Waals surface area contributed by atoms with Crippen molar-refractivity contribution in [3.63, 3.8) is 0 Å². The number of sulfonamides is 1. The van der Waals surface area contributed by atoms with Gasteiger partial charge >= 0.3 is 0 Å². The molecule has 2 aromatic rings. The maximum Gasteiger partial charge on any atom is 0.243 e. The van der Waals surface area contributed by atoms with Crippen LogP contribution in [-0.4, -0.2) is 33.0 Å². The lowest BCUT2D eigenvalue weighted by molar-refractivity contribution is 0.297. The van der Waals surface area contributed by atoms with Gasteiger partial charge in [0.05, 0.1) is 24.7 Å². The van der Waals surface area contributed by atoms with Gasteiger partial charge in [0.1, 0.15) is 11.5 Å². The zero-order chi connectivity index (χ0) is 18.3. The molecule has 1 aromatic heterocycles. The summed E-state index contributed by atoms with van der Waals surface area (Å²) in [5.41, 5.74) is 0. The molecule has 26 heavy (non-hydrogen) atoms. The highest BCUT2D eigenvalue weighted by atomic mass is 32.2. The number of rotatable bonds is 5. The number of nitrogens with zero attached hydrogens (tertiary/aromatic N) is 1. The molecular formula is C19H23NO5S. The SMILES string of the molecule is C[C@@H]1C[C@@H]1c1ccc(CN(C)S(=O)(=O)c2ccc3c(c2)OCCCO3)o1. The maximum atomic E-state index is 12.9. The topological polar surface area (TPSA) is 69.0 Å². The molecule has 0 N–H and O–H groups in total. The molecule has 4 rings (SSSR count). The Balaban J connectivity index is 1.52. The summed E-state index contributed by atoms with van der Waals surface area (Å²) in [6, 6.07) is 8.56. The van der Waals surface area contributed by atoms with E-state index in [2.05, 4.69) is 6.92 Å². The Morgan fingerprint density at radius 2 is 1.85 bits per heavy atom. The van der Waals surface area contributed by atoms with Crippen LogP contribution in [-0.2, 0) is 16.6 Å². The van der Waals surface area contributed by atoms with Crippen LogP contribution in [0.1, 0.15) is 37.2 Å². The van der Waals surface area contributed by atoms with Crippen molar-refractivity contribution in [2.75, 3.05) is 20.3 Å². The van der Waals surface area contributed by atoms with Gasteiger partial charge in [-0.1, -0.05) is 6.92 Å². The number of furan rings is 1. The second-order valence-electron chi connectivity index (χ2n) is 7.04. The van der Waals surface area contributed by atoms with Gasteiger partial charge in [0.2, 0.25) is 10.0 Å². The van der Waals surface area contributed by atoms with E-state index in [0.29, 0.717) is 42.3 Å². The Morgan fingerprint density at radius 1 is 1.12 bits per heavy atom. The summed E-state index contributed by atoms with van der Waals surface area (Å²) in [5, 5.41) is 0. The highest BCUT2D eigenvalue weighted by Gasteiger charge is 2.36. The lowest BCUT2D eigenvalue weighted by atomic mass is 10.3. The predicted molar refractivity (Wildman–Crippen MR) is 95.9 cm³/mol. The quantitative estimate of drug-likeness (QED) is 0.799. The van der Waals surface area contributed by atoms with E-state index < -0.39 is 10.0 Å². The van der Waals surface area contributed by atoms with Crippen LogP contribution in [0.25, 0.3) is 0 Å². The first-order valence-electron chi connectivity index (χ1n) is 8.90. The fourth-order valence-electron chi connectivity index (χ4n) is 3.19. The molecule has 0 radical (unpaired) electrons. The number of ether oxygens (including phenoxy) is 2. The van der Waals surface area contributed by atoms with Crippen molar-refractivity contribution in [2.45, 2.75) is 37.1 Å². The summed E-state index contributed by atoms with van der Waals surface area (Å²) < 4.78 is 44.1. The standard InChI is InChI=1S/C19H23NO5S/c1-13-10-16(13)17-6-4-14(25-17)12-20(2)26(21,22)15-5-7-18-19(11-15)24-9-3-8-23-18/h4-7,11,13,16H,3,8-10,12H2,1-2H3/t13-,16+/m1/s1. The van der Waals surface area contributed by atoms with Gasteiger partial charge in [-0.2, -0.15) is 4.31 Å². The minimum atomic E-state index is -3.65. The fourth-order valence-corrected chi connectivity index (χ4v) is 4.34. The molecule has 1 aliphatic carbocycles. The second-order valence-corrected chi connectivity index (χ2v) is 9.09. The van der Waals surface area contributed by atoms with Crippen molar-refractivity contribution >= 4 is 10.0 Å². The molecular weight excluding hydrogens is 354 g/mol. The van der Waals surface area contributed by atoms with E-state index in [-0.39, 0.29) is 11.4 Å². The summed E-state index contributed by atoms with van der Waals surface area (Å²) in [4.78, 5) is 0.187. The summed E-state index contributed by atoms with van der Waals surface area (Å²) in [6.07, 6.45) is 1.91. The van der Waals surface area contributed by atoms with E-state index in [4.69, 9.17) is 13.9 Å². The molecule has 0 amide bonds. The van der Waals surface area contributed by atoms with Crippen LogP contribution in [0.3, 0.4) is 0 Å². The lowest BCUT2D eigenvalue weighted by Crippen LogP contribution is -2.26. The summed E-state index contributed by atoms with van der Waals surface area (Å²) in [6.45, 7) is 3.46. The molecule has 7 heteroatoms. The summed E-state index contributed by atoms with van der Waals surface area (Å²) >= 11 is 0. The van der Waals surface area contributed by atoms with Crippen LogP contribution in [0.2, 0.25) is 0 Å². The number of benzene rings is 1. The van der Waals surface area contributed by atoms with Gasteiger partial charge in [-0.05, 0) is 36.6 Å². The third-order valence-electron chi connectivity index (χ3n) is 4.96. The van der Waals surface area contributed by atoms with Crippen molar-refractivity contribution in [1.82, 2.24) is 4.31 Å². The fraction of sp³-hybridized carbons (Fsp3) is 0.474. The van der Waals surface area contributed by atoms with Crippen molar-refractivity contribution in [3.05, 3.63) is 41.9 Å². The molecule has 1 aliphatic heterocycles. The highest BCUT2D eigenvalue weighted by molar-refractivity contribution is 7.89. The normalized spacial score (nSPS) is 22.3. The van der Waals surface area contributed by atoms with E-state index in [9.17, 15) is 8.42 Å². The first-order valence-corrected chi connectivity index (χ1v) is 10.3. The van der Waals surface area contributed by atoms with E-state index >= 15 is 0 Å². The first-order chi connectivity index (χ1) is 12.4. The van der Waals surface area contributed by atoms with Gasteiger partial charge in [0.25, 0.3) is 0 Å². The molecule has 2 heterocycles. The van der Waals surface area contributed by atoms with Gasteiger partial charge in [0.15, 0.2) is 11.5 Å². The molecule has 2 aliphatic rings. The number of hydrogen-bond donors (Lipinski definition) is 0. The minimum Gasteiger partial charge on any atom is -0.490 e. The molecule has 6 nitrogen and oxygen atoms in total. The van der Waals surface area contributed by atoms with Gasteiger partial charge in [0, 0.05) is 25.5 Å². The van der Waals surface area contributed by atoms with Crippen LogP contribution in [0, 0.1) is 5.92 Å². The average Bonchev–Trinajstić information content (AvgIpc) is 3.25. The predicted octanol–water partition coefficient (Wildman–Crippen LogP) is 3.39. The number of hydrogen-bond acceptors (Lipinski definition) is 5. The van der Waals surface area contributed by atoms with Crippen molar-refractivity contribution < 1.29 is 22.3 Å². The highest BCUT2D eigenvalue weighted by Crippen LogP contribution is 2.47. The zero-order valence-corrected chi connectivity index (χ0v) is 15.8. The largest absolute Gasteiger partial charge is 0.490 e. The summed E-state index contributed by atoms with van der Waals surface area (Å²) in [7, 11) is -2.10. The van der Waals surface area contributed by atoms with Crippen LogP contribution in [0.15, 0.2) is 39.6 Å². The van der Waals surface area contributed by atoms with E-state index in [1.54, 1.807) is 19.2 Å². The molecule has 0 spiro atoms. The minimum absolute atomic E-state index is 0.187. The van der Waals surface area contributed by atoms with Gasteiger partial charge in [-0.15, -0.1) is 0 Å². The van der Waals surface area contributed by atoms with Crippen LogP contribution >= 0.6 is 0 Å². The van der Waals surface area contributed by atoms with Crippen molar-refractivity contribution in [2.24, 2.45) is 5.92 Å². The Morgan fingerprint density at radius 3 is 2.58 bits per heavy atom. The Hall–Kier alpha value is -1.99. The molecule has 0 saturated heterocycles. The van der Waals surface area contributed by atoms with Crippen LogP contribution in [0.4, 0.5) is 0 Å². The zero-order valence-electron chi connectivity index (χ0n) is 15.0. The second kappa shape index (κ2) is 6.63. The molecule has 0 bridgehead atoms. The molecule has 140 valence electrons. The molecule has 1 fully saturated rings. The number of fused-ring (bicyclic) bond motifs is 1. The van der Waals surface area contributed by atoms with Gasteiger partial charge in [-0.25, -0.2) is 8.42 Å². The maximum absolute atomic E-state index is 12.9. The Kier molecular flexibility index (Phi) is 4.44. The Bertz CT molecular complexity index is 904. The third kappa shape index (κ3) is 3.33. The van der Waals surface area contributed by atoms with E-state index in [1.807, 2.05) is 12.1 Å². The lowest BCUT2D eigenvalue weighted by Gasteiger charge is -2.17. The van der Waals surface area contributed by atoms with Gasteiger partial charge < -0.3 is 13.9 Å². The summed E-state index contributed by atoms with van der Waals surface area (Å²) in [5.74, 6) is 3.79. The molecule has 2 atom stereocenters. The third-order valence-corrected chi connectivity index (χ3v) is 6.76. The van der Waals surface area contributed by atoms with Crippen LogP contribution in [0.5, 0.6) is 11.5 Å². The van der Waals surface area contributed by atoms with E-state index in [0.717, 1.165) is 18.6 Å². The first kappa shape index (κ1) is 17.4. The molecule has 1 saturated carbocycles. The van der Waals surface area contributed by atoms with Crippen LogP contribution < -0.4 is 9.47 Å². The monoisotopic (exact) mass is 377 g/mol. The molecule has 1 aromatic carbocycles.